The summed E-state index contributed by atoms with van der Waals surface area (Å²) in [5.41, 5.74) is 1.16. The van der Waals surface area contributed by atoms with Crippen molar-refractivity contribution in [1.29, 1.82) is 0 Å². The van der Waals surface area contributed by atoms with Crippen LogP contribution in [0.3, 0.4) is 0 Å². The summed E-state index contributed by atoms with van der Waals surface area (Å²) < 4.78 is 31.9. The van der Waals surface area contributed by atoms with Gasteiger partial charge < -0.3 is 9.64 Å². The molecule has 24 heavy (non-hydrogen) atoms. The average molecular weight is 356 g/mol. The maximum absolute atomic E-state index is 12.9. The lowest BCUT2D eigenvalue weighted by Gasteiger charge is -2.25. The number of nitrogens with one attached hydrogen (secondary N) is 1. The number of carbonyl (C=O) groups excluding carboxylic acids is 1. The molecule has 0 bridgehead atoms. The van der Waals surface area contributed by atoms with E-state index in [9.17, 15) is 13.2 Å². The molecule has 0 atom stereocenters. The zero-order chi connectivity index (χ0) is 18.3. The van der Waals surface area contributed by atoms with Crippen molar-refractivity contribution in [2.45, 2.75) is 32.6 Å². The molecule has 1 rings (SSSR count). The van der Waals surface area contributed by atoms with E-state index >= 15 is 0 Å². The van der Waals surface area contributed by atoms with E-state index in [1.165, 1.54) is 12.1 Å². The Balaban J connectivity index is 3.19. The second kappa shape index (κ2) is 9.15. The van der Waals surface area contributed by atoms with Crippen molar-refractivity contribution in [1.82, 2.24) is 9.62 Å². The van der Waals surface area contributed by atoms with Crippen molar-refractivity contribution in [3.05, 3.63) is 29.3 Å². The molecular weight excluding hydrogens is 328 g/mol. The Hall–Kier alpha value is -1.44. The highest BCUT2D eigenvalue weighted by Gasteiger charge is 2.21. The summed E-state index contributed by atoms with van der Waals surface area (Å²) in [7, 11) is -2.00. The molecule has 0 heterocycles. The first-order valence-corrected chi connectivity index (χ1v) is 9.59. The number of carbonyl (C=O) groups is 1. The largest absolute Gasteiger partial charge is 0.383 e. The smallest absolute Gasteiger partial charge is 0.254 e. The molecule has 0 spiro atoms. The van der Waals surface area contributed by atoms with Gasteiger partial charge in [-0.1, -0.05) is 26.8 Å². The fourth-order valence-corrected chi connectivity index (χ4v) is 3.43. The molecule has 1 N–H and O–H groups in total. The molecule has 0 radical (unpaired) electrons. The minimum atomic E-state index is -3.59. The molecule has 0 aliphatic heterocycles. The zero-order valence-electron chi connectivity index (χ0n) is 15.1. The van der Waals surface area contributed by atoms with Crippen molar-refractivity contribution >= 4 is 15.9 Å². The van der Waals surface area contributed by atoms with Crippen LogP contribution < -0.4 is 4.72 Å². The Bertz CT molecular complexity index is 657. The molecule has 0 aromatic heterocycles. The molecule has 136 valence electrons. The number of aryl methyl sites for hydroxylation is 1. The van der Waals surface area contributed by atoms with E-state index in [2.05, 4.69) is 4.72 Å². The molecule has 0 aliphatic carbocycles. The van der Waals surface area contributed by atoms with E-state index in [0.717, 1.165) is 5.56 Å². The first kappa shape index (κ1) is 20.6. The molecular formula is C17H28N2O4S. The van der Waals surface area contributed by atoms with Gasteiger partial charge >= 0.3 is 0 Å². The molecule has 1 amide bonds. The second-order valence-electron chi connectivity index (χ2n) is 6.12. The van der Waals surface area contributed by atoms with Crippen LogP contribution in [0.5, 0.6) is 0 Å². The summed E-state index contributed by atoms with van der Waals surface area (Å²) >= 11 is 0. The maximum Gasteiger partial charge on any atom is 0.254 e. The van der Waals surface area contributed by atoms with Gasteiger partial charge in [0.2, 0.25) is 10.0 Å². The predicted octanol–water partition coefficient (Wildman–Crippen LogP) is 2.04. The highest BCUT2D eigenvalue weighted by molar-refractivity contribution is 7.89. The van der Waals surface area contributed by atoms with Crippen LogP contribution in [-0.2, 0) is 14.8 Å². The van der Waals surface area contributed by atoms with E-state index < -0.39 is 10.0 Å². The van der Waals surface area contributed by atoms with Gasteiger partial charge in [-0.3, -0.25) is 4.79 Å². The monoisotopic (exact) mass is 356 g/mol. The van der Waals surface area contributed by atoms with Crippen LogP contribution in [0, 0.1) is 12.8 Å². The number of sulfonamides is 1. The molecule has 1 aromatic rings. The summed E-state index contributed by atoms with van der Waals surface area (Å²) in [6.07, 6.45) is 0. The molecule has 0 saturated carbocycles. The van der Waals surface area contributed by atoms with Crippen molar-refractivity contribution in [3.8, 4) is 0 Å². The molecule has 0 aliphatic rings. The summed E-state index contributed by atoms with van der Waals surface area (Å²) in [6, 6.07) is 4.64. The van der Waals surface area contributed by atoms with Crippen molar-refractivity contribution in [2.24, 2.45) is 5.92 Å². The number of ether oxygens (including phenoxy) is 1. The Labute approximate surface area is 145 Å². The van der Waals surface area contributed by atoms with Gasteiger partial charge in [0, 0.05) is 32.3 Å². The van der Waals surface area contributed by atoms with E-state index in [-0.39, 0.29) is 10.8 Å². The summed E-state index contributed by atoms with van der Waals surface area (Å²) in [5.74, 6) is 0.131. The maximum atomic E-state index is 12.9. The van der Waals surface area contributed by atoms with Crippen LogP contribution >= 0.6 is 0 Å². The lowest BCUT2D eigenvalue weighted by Crippen LogP contribution is -2.37. The van der Waals surface area contributed by atoms with Gasteiger partial charge in [0.05, 0.1) is 11.5 Å². The molecule has 0 unspecified atom stereocenters. The number of hydrogen-bond donors (Lipinski definition) is 1. The quantitative estimate of drug-likeness (QED) is 0.735. The standard InChI is InChI=1S/C17H28N2O4S/c1-6-18-24(21,22)15-8-7-14(4)16(11-15)17(20)19(9-10-23-5)12-13(2)3/h7-8,11,13,18H,6,9-10,12H2,1-5H3. The summed E-state index contributed by atoms with van der Waals surface area (Å²) in [4.78, 5) is 14.7. The van der Waals surface area contributed by atoms with Crippen molar-refractivity contribution in [3.63, 3.8) is 0 Å². The Morgan fingerprint density at radius 1 is 1.33 bits per heavy atom. The van der Waals surface area contributed by atoms with Gasteiger partial charge in [-0.05, 0) is 30.5 Å². The Morgan fingerprint density at radius 3 is 2.54 bits per heavy atom. The fourth-order valence-electron chi connectivity index (χ4n) is 2.36. The van der Waals surface area contributed by atoms with Crippen LogP contribution in [-0.4, -0.2) is 52.6 Å². The zero-order valence-corrected chi connectivity index (χ0v) is 15.9. The van der Waals surface area contributed by atoms with Crippen LogP contribution in [0.4, 0.5) is 0 Å². The third kappa shape index (κ3) is 5.58. The number of rotatable bonds is 9. The SMILES string of the molecule is CCNS(=O)(=O)c1ccc(C)c(C(=O)N(CCOC)CC(C)C)c1. The third-order valence-corrected chi connectivity index (χ3v) is 5.07. The van der Waals surface area contributed by atoms with E-state index in [1.54, 1.807) is 31.9 Å². The third-order valence-electron chi connectivity index (χ3n) is 3.52. The molecule has 6 nitrogen and oxygen atoms in total. The number of hydrogen-bond acceptors (Lipinski definition) is 4. The van der Waals surface area contributed by atoms with Crippen molar-refractivity contribution in [2.75, 3.05) is 33.4 Å². The first-order valence-electron chi connectivity index (χ1n) is 8.11. The number of methoxy groups -OCH3 is 1. The van der Waals surface area contributed by atoms with Gasteiger partial charge in [-0.15, -0.1) is 0 Å². The van der Waals surface area contributed by atoms with Gasteiger partial charge in [-0.25, -0.2) is 13.1 Å². The Kier molecular flexibility index (Phi) is 7.86. The topological polar surface area (TPSA) is 75.7 Å². The summed E-state index contributed by atoms with van der Waals surface area (Å²) in [5, 5.41) is 0. The van der Waals surface area contributed by atoms with Gasteiger partial charge in [0.15, 0.2) is 0 Å². The highest BCUT2D eigenvalue weighted by atomic mass is 32.2. The van der Waals surface area contributed by atoms with Crippen molar-refractivity contribution < 1.29 is 17.9 Å². The van der Waals surface area contributed by atoms with Crippen LogP contribution in [0.2, 0.25) is 0 Å². The number of benzene rings is 1. The predicted molar refractivity (Wildman–Crippen MR) is 94.7 cm³/mol. The van der Waals surface area contributed by atoms with E-state index in [0.29, 0.717) is 37.7 Å². The molecule has 0 fully saturated rings. The minimum Gasteiger partial charge on any atom is -0.383 e. The van der Waals surface area contributed by atoms with Crippen LogP contribution in [0.15, 0.2) is 23.1 Å². The van der Waals surface area contributed by atoms with Crippen LogP contribution in [0.1, 0.15) is 36.7 Å². The van der Waals surface area contributed by atoms with E-state index in [1.807, 2.05) is 13.8 Å². The number of amides is 1. The molecule has 1 aromatic carbocycles. The van der Waals surface area contributed by atoms with Gasteiger partial charge in [0.25, 0.3) is 5.91 Å². The highest BCUT2D eigenvalue weighted by Crippen LogP contribution is 2.18. The molecule has 7 heteroatoms. The molecule has 0 saturated heterocycles. The lowest BCUT2D eigenvalue weighted by atomic mass is 10.1. The normalized spacial score (nSPS) is 11.8. The minimum absolute atomic E-state index is 0.106. The van der Waals surface area contributed by atoms with Gasteiger partial charge in [-0.2, -0.15) is 0 Å². The van der Waals surface area contributed by atoms with Crippen LogP contribution in [0.25, 0.3) is 0 Å². The second-order valence-corrected chi connectivity index (χ2v) is 7.88. The average Bonchev–Trinajstić information content (AvgIpc) is 2.50. The summed E-state index contributed by atoms with van der Waals surface area (Å²) in [6.45, 7) is 9.38. The lowest BCUT2D eigenvalue weighted by molar-refractivity contribution is 0.0671. The number of nitrogens with zero attached hydrogens (tertiary/aromatic N) is 1. The first-order chi connectivity index (χ1) is 11.2. The Morgan fingerprint density at radius 2 is 2.00 bits per heavy atom. The van der Waals surface area contributed by atoms with E-state index in [4.69, 9.17) is 4.74 Å². The van der Waals surface area contributed by atoms with Gasteiger partial charge in [0.1, 0.15) is 0 Å². The fraction of sp³-hybridized carbons (Fsp3) is 0.588.